The average Bonchev–Trinajstić information content (AvgIpc) is 3.28. The van der Waals surface area contributed by atoms with Gasteiger partial charge in [0.05, 0.1) is 11.7 Å². The van der Waals surface area contributed by atoms with Gasteiger partial charge in [-0.2, -0.15) is 13.2 Å². The van der Waals surface area contributed by atoms with Gasteiger partial charge in [-0.25, -0.2) is 4.98 Å². The Bertz CT molecular complexity index is 909. The number of nitrogens with zero attached hydrogens (tertiary/aromatic N) is 2. The van der Waals surface area contributed by atoms with E-state index in [1.807, 2.05) is 0 Å². The lowest BCUT2D eigenvalue weighted by Gasteiger charge is -2.57. The Balaban J connectivity index is 1.55. The monoisotopic (exact) mass is 410 g/mol. The standard InChI is InChI=1S/C20H21F3N2O2S/c1-19(2)15(13-7-8-27-16(13)19)25(3)18(26)14-10-28-17(24-14)11-5-4-6-12(9-11)20(21,22)23/h4-6,9-10,13,15-16H,7-8H2,1-3H3/t13-,15-,16+/m1/s1. The molecule has 1 aromatic carbocycles. The van der Waals surface area contributed by atoms with Gasteiger partial charge in [-0.3, -0.25) is 4.79 Å². The highest BCUT2D eigenvalue weighted by Gasteiger charge is 2.61. The summed E-state index contributed by atoms with van der Waals surface area (Å²) in [4.78, 5) is 19.0. The summed E-state index contributed by atoms with van der Waals surface area (Å²) in [6, 6.07) is 5.07. The molecule has 0 unspecified atom stereocenters. The van der Waals surface area contributed by atoms with E-state index in [0.717, 1.165) is 18.6 Å². The molecule has 1 saturated carbocycles. The Labute approximate surface area is 165 Å². The minimum Gasteiger partial charge on any atom is -0.377 e. The van der Waals surface area contributed by atoms with E-state index in [0.29, 0.717) is 23.1 Å². The van der Waals surface area contributed by atoms with Crippen LogP contribution in [0, 0.1) is 11.3 Å². The van der Waals surface area contributed by atoms with Crippen molar-refractivity contribution in [1.82, 2.24) is 9.88 Å². The lowest BCUT2D eigenvalue weighted by molar-refractivity contribution is -0.139. The van der Waals surface area contributed by atoms with Gasteiger partial charge >= 0.3 is 6.18 Å². The van der Waals surface area contributed by atoms with E-state index in [1.165, 1.54) is 17.4 Å². The van der Waals surface area contributed by atoms with E-state index in [1.54, 1.807) is 23.4 Å². The summed E-state index contributed by atoms with van der Waals surface area (Å²) in [7, 11) is 1.77. The van der Waals surface area contributed by atoms with Gasteiger partial charge in [0.1, 0.15) is 10.7 Å². The number of halogens is 3. The van der Waals surface area contributed by atoms with Crippen LogP contribution in [0.4, 0.5) is 13.2 Å². The largest absolute Gasteiger partial charge is 0.416 e. The van der Waals surface area contributed by atoms with Gasteiger partial charge in [-0.15, -0.1) is 11.3 Å². The van der Waals surface area contributed by atoms with Gasteiger partial charge in [0.2, 0.25) is 0 Å². The Morgan fingerprint density at radius 1 is 1.36 bits per heavy atom. The minimum atomic E-state index is -4.41. The molecule has 1 saturated heterocycles. The molecule has 0 N–H and O–H groups in total. The molecule has 4 rings (SSSR count). The van der Waals surface area contributed by atoms with Crippen LogP contribution in [-0.2, 0) is 10.9 Å². The van der Waals surface area contributed by atoms with Crippen LogP contribution < -0.4 is 0 Å². The molecular formula is C20H21F3N2O2S. The number of aromatic nitrogens is 1. The van der Waals surface area contributed by atoms with Crippen LogP contribution in [0.15, 0.2) is 29.6 Å². The quantitative estimate of drug-likeness (QED) is 0.736. The van der Waals surface area contributed by atoms with Crippen LogP contribution in [-0.4, -0.2) is 41.6 Å². The fourth-order valence-corrected chi connectivity index (χ4v) is 5.51. The number of amides is 1. The summed E-state index contributed by atoms with van der Waals surface area (Å²) in [5.41, 5.74) is -0.243. The molecule has 8 heteroatoms. The van der Waals surface area contributed by atoms with Crippen LogP contribution in [0.2, 0.25) is 0 Å². The third-order valence-electron chi connectivity index (χ3n) is 5.94. The summed E-state index contributed by atoms with van der Waals surface area (Å²) in [6.45, 7) is 4.92. The number of hydrogen-bond acceptors (Lipinski definition) is 4. The van der Waals surface area contributed by atoms with Gasteiger partial charge in [0.15, 0.2) is 0 Å². The number of alkyl halides is 3. The third-order valence-corrected chi connectivity index (χ3v) is 6.83. The lowest BCUT2D eigenvalue weighted by atomic mass is 9.57. The van der Waals surface area contributed by atoms with Gasteiger partial charge in [-0.1, -0.05) is 26.0 Å². The van der Waals surface area contributed by atoms with Crippen molar-refractivity contribution in [1.29, 1.82) is 0 Å². The highest BCUT2D eigenvalue weighted by atomic mass is 32.1. The second kappa shape index (κ2) is 6.56. The molecule has 150 valence electrons. The predicted molar refractivity (Wildman–Crippen MR) is 100 cm³/mol. The van der Waals surface area contributed by atoms with Crippen molar-refractivity contribution in [2.75, 3.05) is 13.7 Å². The van der Waals surface area contributed by atoms with Crippen molar-refractivity contribution in [2.24, 2.45) is 11.3 Å². The van der Waals surface area contributed by atoms with Crippen molar-refractivity contribution >= 4 is 17.2 Å². The zero-order valence-corrected chi connectivity index (χ0v) is 16.6. The van der Waals surface area contributed by atoms with E-state index in [4.69, 9.17) is 4.74 Å². The molecule has 3 atom stereocenters. The zero-order chi connectivity index (χ0) is 20.3. The second-order valence-electron chi connectivity index (χ2n) is 8.04. The molecule has 0 spiro atoms. The molecular weight excluding hydrogens is 389 g/mol. The van der Waals surface area contributed by atoms with E-state index in [-0.39, 0.29) is 29.2 Å². The molecule has 2 aliphatic rings. The van der Waals surface area contributed by atoms with Crippen LogP contribution >= 0.6 is 11.3 Å². The molecule has 1 aliphatic heterocycles. The van der Waals surface area contributed by atoms with E-state index < -0.39 is 11.7 Å². The highest BCUT2D eigenvalue weighted by molar-refractivity contribution is 7.13. The van der Waals surface area contributed by atoms with E-state index in [2.05, 4.69) is 18.8 Å². The fraction of sp³-hybridized carbons (Fsp3) is 0.500. The summed E-state index contributed by atoms with van der Waals surface area (Å²) in [5, 5.41) is 2.01. The van der Waals surface area contributed by atoms with Crippen molar-refractivity contribution in [3.05, 3.63) is 40.9 Å². The minimum absolute atomic E-state index is 0.0613. The van der Waals surface area contributed by atoms with Gasteiger partial charge in [0.25, 0.3) is 5.91 Å². The molecule has 1 amide bonds. The van der Waals surface area contributed by atoms with Crippen LogP contribution in [0.3, 0.4) is 0 Å². The molecule has 2 fully saturated rings. The Hall–Kier alpha value is -1.93. The first-order chi connectivity index (χ1) is 13.1. The maximum atomic E-state index is 13.0. The zero-order valence-electron chi connectivity index (χ0n) is 15.8. The van der Waals surface area contributed by atoms with Crippen molar-refractivity contribution in [3.63, 3.8) is 0 Å². The Morgan fingerprint density at radius 3 is 2.82 bits per heavy atom. The van der Waals surface area contributed by atoms with Crippen LogP contribution in [0.1, 0.15) is 36.3 Å². The SMILES string of the molecule is CN(C(=O)c1csc(-c2cccc(C(F)(F)F)c2)n1)[C@@H]1[C@H]2CCO[C@@H]2C1(C)C. The Morgan fingerprint density at radius 2 is 2.11 bits per heavy atom. The summed E-state index contributed by atoms with van der Waals surface area (Å²) >= 11 is 1.17. The predicted octanol–water partition coefficient (Wildman–Crippen LogP) is 4.71. The second-order valence-corrected chi connectivity index (χ2v) is 8.90. The molecule has 28 heavy (non-hydrogen) atoms. The summed E-state index contributed by atoms with van der Waals surface area (Å²) in [5.74, 6) is 0.114. The number of benzene rings is 1. The molecule has 4 nitrogen and oxygen atoms in total. The first kappa shape index (κ1) is 19.4. The number of carbonyl (C=O) groups is 1. The molecule has 0 radical (unpaired) electrons. The lowest BCUT2D eigenvalue weighted by Crippen LogP contribution is -2.66. The smallest absolute Gasteiger partial charge is 0.377 e. The molecule has 0 bridgehead atoms. The highest BCUT2D eigenvalue weighted by Crippen LogP contribution is 2.54. The number of rotatable bonds is 3. The normalized spacial score (nSPS) is 25.9. The molecule has 1 aliphatic carbocycles. The molecule has 2 heterocycles. The van der Waals surface area contributed by atoms with E-state index >= 15 is 0 Å². The maximum absolute atomic E-state index is 13.0. The van der Waals surface area contributed by atoms with Crippen molar-refractivity contribution in [3.8, 4) is 10.6 Å². The third kappa shape index (κ3) is 3.03. The van der Waals surface area contributed by atoms with E-state index in [9.17, 15) is 18.0 Å². The van der Waals surface area contributed by atoms with Gasteiger partial charge in [-0.05, 0) is 18.6 Å². The van der Waals surface area contributed by atoms with Gasteiger partial charge in [0, 0.05) is 42.0 Å². The number of fused-ring (bicyclic) bond motifs is 1. The Kier molecular flexibility index (Phi) is 4.54. The first-order valence-corrected chi connectivity index (χ1v) is 10.0. The summed E-state index contributed by atoms with van der Waals surface area (Å²) in [6.07, 6.45) is -3.31. The number of carbonyl (C=O) groups excluding carboxylic acids is 1. The topological polar surface area (TPSA) is 42.4 Å². The number of hydrogen-bond donors (Lipinski definition) is 0. The summed E-state index contributed by atoms with van der Waals surface area (Å²) < 4.78 is 44.6. The molecule has 2 aromatic rings. The van der Waals surface area contributed by atoms with Crippen molar-refractivity contribution < 1.29 is 22.7 Å². The number of thiazole rings is 1. The van der Waals surface area contributed by atoms with Crippen molar-refractivity contribution in [2.45, 2.75) is 38.6 Å². The average molecular weight is 410 g/mol. The van der Waals surface area contributed by atoms with Crippen LogP contribution in [0.5, 0.6) is 0 Å². The number of ether oxygens (including phenoxy) is 1. The maximum Gasteiger partial charge on any atom is 0.416 e. The first-order valence-electron chi connectivity index (χ1n) is 9.12. The molecule has 1 aromatic heterocycles. The fourth-order valence-electron chi connectivity index (χ4n) is 4.72. The van der Waals surface area contributed by atoms with Crippen LogP contribution in [0.25, 0.3) is 10.6 Å². The van der Waals surface area contributed by atoms with Gasteiger partial charge < -0.3 is 9.64 Å².